The van der Waals surface area contributed by atoms with E-state index in [0.717, 1.165) is 24.2 Å². The molecule has 2 bridgehead atoms. The smallest absolute Gasteiger partial charge is 0.0961 e. The average molecular weight is 207 g/mol. The summed E-state index contributed by atoms with van der Waals surface area (Å²) in [5, 5.41) is 1.44. The molecule has 1 heterocycles. The third-order valence-electron chi connectivity index (χ3n) is 3.98. The molecule has 2 aliphatic rings. The monoisotopic (exact) mass is 207 g/mol. The second kappa shape index (κ2) is 3.34. The van der Waals surface area contributed by atoms with Crippen LogP contribution in [0.15, 0.2) is 6.20 Å². The van der Waals surface area contributed by atoms with E-state index in [1.807, 2.05) is 11.3 Å². The molecular formula is C12H17NS. The molecule has 0 aliphatic heterocycles. The standard InChI is InChI=1S/C12H17NS/c1-2-10-7-13-12(14-10)11-6-8-3-4-9(11)5-8/h7-9,11H,2-6H2,1H3. The number of hydrogen-bond acceptors (Lipinski definition) is 2. The quantitative estimate of drug-likeness (QED) is 0.722. The molecule has 0 aromatic carbocycles. The number of thiazole rings is 1. The normalized spacial score (nSPS) is 35.4. The Kier molecular flexibility index (Phi) is 2.12. The van der Waals surface area contributed by atoms with E-state index in [9.17, 15) is 0 Å². The second-order valence-corrected chi connectivity index (χ2v) is 5.95. The van der Waals surface area contributed by atoms with Crippen molar-refractivity contribution in [1.82, 2.24) is 4.98 Å². The van der Waals surface area contributed by atoms with Crippen LogP contribution in [0.2, 0.25) is 0 Å². The Morgan fingerprint density at radius 3 is 2.93 bits per heavy atom. The Balaban J connectivity index is 1.82. The lowest BCUT2D eigenvalue weighted by atomic mass is 9.89. The summed E-state index contributed by atoms with van der Waals surface area (Å²) in [6.07, 6.45) is 9.13. The molecule has 76 valence electrons. The summed E-state index contributed by atoms with van der Waals surface area (Å²) in [6.45, 7) is 2.22. The van der Waals surface area contributed by atoms with Crippen molar-refractivity contribution in [2.45, 2.75) is 44.9 Å². The summed E-state index contributed by atoms with van der Waals surface area (Å²) in [5.41, 5.74) is 0. The van der Waals surface area contributed by atoms with Crippen LogP contribution in [0.3, 0.4) is 0 Å². The highest BCUT2D eigenvalue weighted by Crippen LogP contribution is 2.53. The fraction of sp³-hybridized carbons (Fsp3) is 0.750. The molecule has 0 N–H and O–H groups in total. The number of nitrogens with zero attached hydrogens (tertiary/aromatic N) is 1. The maximum absolute atomic E-state index is 4.61. The topological polar surface area (TPSA) is 12.9 Å². The van der Waals surface area contributed by atoms with E-state index in [2.05, 4.69) is 18.1 Å². The minimum Gasteiger partial charge on any atom is -0.249 e. The predicted octanol–water partition coefficient (Wildman–Crippen LogP) is 3.61. The molecule has 1 aromatic rings. The Hall–Kier alpha value is -0.370. The Morgan fingerprint density at radius 2 is 2.36 bits per heavy atom. The van der Waals surface area contributed by atoms with Gasteiger partial charge in [-0.2, -0.15) is 0 Å². The molecule has 2 fully saturated rings. The highest BCUT2D eigenvalue weighted by atomic mass is 32.1. The van der Waals surface area contributed by atoms with Crippen LogP contribution in [0.4, 0.5) is 0 Å². The summed E-state index contributed by atoms with van der Waals surface area (Å²) in [4.78, 5) is 6.07. The number of rotatable bonds is 2. The van der Waals surface area contributed by atoms with E-state index in [1.54, 1.807) is 0 Å². The van der Waals surface area contributed by atoms with Crippen molar-refractivity contribution in [2.24, 2.45) is 11.8 Å². The van der Waals surface area contributed by atoms with E-state index < -0.39 is 0 Å². The summed E-state index contributed by atoms with van der Waals surface area (Å²) < 4.78 is 0. The molecule has 0 radical (unpaired) electrons. The average Bonchev–Trinajstić information content (AvgIpc) is 2.93. The number of aromatic nitrogens is 1. The van der Waals surface area contributed by atoms with Crippen molar-refractivity contribution in [3.8, 4) is 0 Å². The molecule has 1 aromatic heterocycles. The first-order valence-electron chi connectivity index (χ1n) is 5.81. The van der Waals surface area contributed by atoms with E-state index in [1.165, 1.54) is 35.6 Å². The molecule has 14 heavy (non-hydrogen) atoms. The van der Waals surface area contributed by atoms with Crippen molar-refractivity contribution >= 4 is 11.3 Å². The second-order valence-electron chi connectivity index (χ2n) is 4.80. The lowest BCUT2D eigenvalue weighted by Crippen LogP contribution is -2.07. The van der Waals surface area contributed by atoms with Crippen LogP contribution in [-0.4, -0.2) is 4.98 Å². The van der Waals surface area contributed by atoms with Gasteiger partial charge in [-0.15, -0.1) is 11.3 Å². The van der Waals surface area contributed by atoms with Crippen molar-refractivity contribution in [1.29, 1.82) is 0 Å². The molecular weight excluding hydrogens is 190 g/mol. The van der Waals surface area contributed by atoms with Gasteiger partial charge in [0.2, 0.25) is 0 Å². The van der Waals surface area contributed by atoms with Crippen LogP contribution < -0.4 is 0 Å². The molecule has 3 unspecified atom stereocenters. The van der Waals surface area contributed by atoms with Crippen LogP contribution in [0.5, 0.6) is 0 Å². The predicted molar refractivity (Wildman–Crippen MR) is 59.7 cm³/mol. The molecule has 3 atom stereocenters. The van der Waals surface area contributed by atoms with Gasteiger partial charge in [-0.1, -0.05) is 13.3 Å². The third kappa shape index (κ3) is 1.31. The molecule has 2 heteroatoms. The molecule has 0 amide bonds. The van der Waals surface area contributed by atoms with Crippen LogP contribution >= 0.6 is 11.3 Å². The lowest BCUT2D eigenvalue weighted by molar-refractivity contribution is 0.419. The Morgan fingerprint density at radius 1 is 1.43 bits per heavy atom. The van der Waals surface area contributed by atoms with Crippen molar-refractivity contribution < 1.29 is 0 Å². The van der Waals surface area contributed by atoms with Gasteiger partial charge in [-0.25, -0.2) is 4.98 Å². The minimum atomic E-state index is 0.832. The zero-order chi connectivity index (χ0) is 9.54. The van der Waals surface area contributed by atoms with Crippen LogP contribution in [0.25, 0.3) is 0 Å². The van der Waals surface area contributed by atoms with Gasteiger partial charge in [0.05, 0.1) is 5.01 Å². The highest BCUT2D eigenvalue weighted by Gasteiger charge is 2.41. The van der Waals surface area contributed by atoms with Crippen molar-refractivity contribution in [3.05, 3.63) is 16.1 Å². The zero-order valence-corrected chi connectivity index (χ0v) is 9.52. The first-order chi connectivity index (χ1) is 6.86. The zero-order valence-electron chi connectivity index (χ0n) is 8.70. The Labute approximate surface area is 89.6 Å². The van der Waals surface area contributed by atoms with Gasteiger partial charge in [-0.3, -0.25) is 0 Å². The number of aryl methyl sites for hydroxylation is 1. The summed E-state index contributed by atoms with van der Waals surface area (Å²) >= 11 is 1.96. The van der Waals surface area contributed by atoms with E-state index >= 15 is 0 Å². The largest absolute Gasteiger partial charge is 0.249 e. The molecule has 3 rings (SSSR count). The van der Waals surface area contributed by atoms with Crippen LogP contribution in [0.1, 0.15) is 48.4 Å². The van der Waals surface area contributed by atoms with Crippen LogP contribution in [0, 0.1) is 11.8 Å². The van der Waals surface area contributed by atoms with Gasteiger partial charge >= 0.3 is 0 Å². The number of fused-ring (bicyclic) bond motifs is 2. The minimum absolute atomic E-state index is 0.832. The SMILES string of the molecule is CCc1cnc(C2CC3CCC2C3)s1. The molecule has 1 nitrogen and oxygen atoms in total. The van der Waals surface area contributed by atoms with Gasteiger partial charge in [0.15, 0.2) is 0 Å². The van der Waals surface area contributed by atoms with E-state index in [-0.39, 0.29) is 0 Å². The molecule has 2 saturated carbocycles. The van der Waals surface area contributed by atoms with Gasteiger partial charge in [-0.05, 0) is 37.5 Å². The first kappa shape index (κ1) is 8.90. The van der Waals surface area contributed by atoms with E-state index in [0.29, 0.717) is 0 Å². The number of hydrogen-bond donors (Lipinski definition) is 0. The maximum atomic E-state index is 4.61. The van der Waals surface area contributed by atoms with Crippen LogP contribution in [-0.2, 0) is 6.42 Å². The highest BCUT2D eigenvalue weighted by molar-refractivity contribution is 7.11. The third-order valence-corrected chi connectivity index (χ3v) is 5.25. The lowest BCUT2D eigenvalue weighted by Gasteiger charge is -2.18. The summed E-state index contributed by atoms with van der Waals surface area (Å²) in [7, 11) is 0. The van der Waals surface area contributed by atoms with Crippen molar-refractivity contribution in [2.75, 3.05) is 0 Å². The van der Waals surface area contributed by atoms with Gasteiger partial charge < -0.3 is 0 Å². The maximum Gasteiger partial charge on any atom is 0.0961 e. The van der Waals surface area contributed by atoms with Gasteiger partial charge in [0.1, 0.15) is 0 Å². The molecule has 2 aliphatic carbocycles. The first-order valence-corrected chi connectivity index (χ1v) is 6.63. The molecule has 0 saturated heterocycles. The van der Waals surface area contributed by atoms with Crippen molar-refractivity contribution in [3.63, 3.8) is 0 Å². The molecule has 0 spiro atoms. The summed E-state index contributed by atoms with van der Waals surface area (Å²) in [5.74, 6) is 2.86. The fourth-order valence-corrected chi connectivity index (χ4v) is 4.27. The van der Waals surface area contributed by atoms with Gasteiger partial charge in [0.25, 0.3) is 0 Å². The van der Waals surface area contributed by atoms with E-state index in [4.69, 9.17) is 0 Å². The van der Waals surface area contributed by atoms with Gasteiger partial charge in [0, 0.05) is 17.0 Å². The fourth-order valence-electron chi connectivity index (χ4n) is 3.20. The summed E-state index contributed by atoms with van der Waals surface area (Å²) in [6, 6.07) is 0. The Bertz CT molecular complexity index is 331.